The first kappa shape index (κ1) is 18.1. The molecule has 7 heteroatoms. The summed E-state index contributed by atoms with van der Waals surface area (Å²) in [6.07, 6.45) is 0.786. The van der Waals surface area contributed by atoms with Crippen LogP contribution < -0.4 is 10.1 Å². The Labute approximate surface area is 142 Å². The van der Waals surface area contributed by atoms with E-state index < -0.39 is 9.84 Å². The van der Waals surface area contributed by atoms with Crippen LogP contribution in [-0.2, 0) is 21.2 Å². The molecule has 1 saturated heterocycles. The van der Waals surface area contributed by atoms with Crippen molar-refractivity contribution in [3.8, 4) is 5.75 Å². The molecule has 1 amide bonds. The van der Waals surface area contributed by atoms with Crippen molar-refractivity contribution in [1.82, 2.24) is 5.32 Å². The quantitative estimate of drug-likeness (QED) is 0.808. The second-order valence-corrected chi connectivity index (χ2v) is 9.44. The summed E-state index contributed by atoms with van der Waals surface area (Å²) >= 11 is 1.43. The predicted octanol–water partition coefficient (Wildman–Crippen LogP) is 2.01. The van der Waals surface area contributed by atoms with Crippen LogP contribution in [0.3, 0.4) is 0 Å². The molecule has 0 bridgehead atoms. The molecule has 0 unspecified atom stereocenters. The molecular formula is C16H23NO4S2. The average Bonchev–Trinajstić information content (AvgIpc) is 2.83. The molecule has 0 aromatic heterocycles. The van der Waals surface area contributed by atoms with Crippen LogP contribution >= 0.6 is 11.8 Å². The van der Waals surface area contributed by atoms with Gasteiger partial charge in [-0.2, -0.15) is 0 Å². The topological polar surface area (TPSA) is 72.5 Å². The largest absolute Gasteiger partial charge is 0.491 e. The summed E-state index contributed by atoms with van der Waals surface area (Å²) in [7, 11) is -2.88. The van der Waals surface area contributed by atoms with Crippen LogP contribution in [0.2, 0.25) is 0 Å². The highest BCUT2D eigenvalue weighted by Crippen LogP contribution is 2.24. The smallest absolute Gasteiger partial charge is 0.230 e. The fourth-order valence-electron chi connectivity index (χ4n) is 2.30. The van der Waals surface area contributed by atoms with E-state index in [-0.39, 0.29) is 28.8 Å². The molecule has 1 N–H and O–H groups in total. The highest BCUT2D eigenvalue weighted by Gasteiger charge is 2.28. The van der Waals surface area contributed by atoms with E-state index >= 15 is 0 Å². The number of hydrogen-bond acceptors (Lipinski definition) is 5. The van der Waals surface area contributed by atoms with Crippen molar-refractivity contribution in [1.29, 1.82) is 0 Å². The van der Waals surface area contributed by atoms with Gasteiger partial charge in [0.2, 0.25) is 5.91 Å². The van der Waals surface area contributed by atoms with Gasteiger partial charge < -0.3 is 10.1 Å². The Hall–Kier alpha value is -1.21. The number of nitrogens with one attached hydrogen (secondary N) is 1. The maximum atomic E-state index is 11.8. The Morgan fingerprint density at radius 2 is 2.04 bits per heavy atom. The Morgan fingerprint density at radius 3 is 2.61 bits per heavy atom. The minimum atomic E-state index is -2.88. The zero-order valence-corrected chi connectivity index (χ0v) is 15.1. The predicted molar refractivity (Wildman–Crippen MR) is 93.6 cm³/mol. The third-order valence-corrected chi connectivity index (χ3v) is 6.71. The molecule has 1 aliphatic rings. The zero-order valence-electron chi connectivity index (χ0n) is 13.4. The molecule has 0 aliphatic carbocycles. The molecule has 23 heavy (non-hydrogen) atoms. The van der Waals surface area contributed by atoms with Gasteiger partial charge >= 0.3 is 0 Å². The van der Waals surface area contributed by atoms with Crippen molar-refractivity contribution in [2.24, 2.45) is 0 Å². The summed E-state index contributed by atoms with van der Waals surface area (Å²) < 4.78 is 28.3. The van der Waals surface area contributed by atoms with Gasteiger partial charge in [-0.3, -0.25) is 4.79 Å². The highest BCUT2D eigenvalue weighted by atomic mass is 32.2. The molecule has 0 spiro atoms. The second kappa shape index (κ2) is 8.06. The molecule has 0 radical (unpaired) electrons. The van der Waals surface area contributed by atoms with Crippen LogP contribution in [0.1, 0.15) is 25.8 Å². The minimum Gasteiger partial charge on any atom is -0.491 e. The van der Waals surface area contributed by atoms with Gasteiger partial charge in [-0.05, 0) is 38.0 Å². The SMILES string of the molecule is CC(C)Oc1ccc(CNC(=O)CS[C@@H]2CCS(=O)(=O)C2)cc1. The average molecular weight is 357 g/mol. The van der Waals surface area contributed by atoms with Gasteiger partial charge in [0.1, 0.15) is 5.75 Å². The standard InChI is InChI=1S/C16H23NO4S2/c1-12(2)21-14-5-3-13(4-6-14)9-17-16(18)10-22-15-7-8-23(19,20)11-15/h3-6,12,15H,7-11H2,1-2H3,(H,17,18)/t15-/m1/s1. The van der Waals surface area contributed by atoms with Gasteiger partial charge in [-0.1, -0.05) is 12.1 Å². The first-order valence-electron chi connectivity index (χ1n) is 7.68. The highest BCUT2D eigenvalue weighted by molar-refractivity contribution is 8.02. The number of sulfone groups is 1. The Balaban J connectivity index is 1.70. The number of carbonyl (C=O) groups is 1. The molecular weight excluding hydrogens is 334 g/mol. The van der Waals surface area contributed by atoms with Gasteiger partial charge in [0, 0.05) is 11.8 Å². The summed E-state index contributed by atoms with van der Waals surface area (Å²) in [6, 6.07) is 7.63. The van der Waals surface area contributed by atoms with Crippen molar-refractivity contribution < 1.29 is 17.9 Å². The van der Waals surface area contributed by atoms with E-state index in [9.17, 15) is 13.2 Å². The van der Waals surface area contributed by atoms with Gasteiger partial charge in [-0.25, -0.2) is 8.42 Å². The molecule has 5 nitrogen and oxygen atoms in total. The van der Waals surface area contributed by atoms with E-state index in [1.165, 1.54) is 11.8 Å². The lowest BCUT2D eigenvalue weighted by atomic mass is 10.2. The molecule has 0 saturated carbocycles. The van der Waals surface area contributed by atoms with Crippen molar-refractivity contribution in [3.05, 3.63) is 29.8 Å². The Morgan fingerprint density at radius 1 is 1.35 bits per heavy atom. The zero-order chi connectivity index (χ0) is 16.9. The molecule has 1 fully saturated rings. The van der Waals surface area contributed by atoms with E-state index in [1.807, 2.05) is 38.1 Å². The minimum absolute atomic E-state index is 0.0539. The van der Waals surface area contributed by atoms with E-state index in [0.717, 1.165) is 11.3 Å². The number of carbonyl (C=O) groups excluding carboxylic acids is 1. The molecule has 1 heterocycles. The molecule has 2 rings (SSSR count). The maximum Gasteiger partial charge on any atom is 0.230 e. The first-order chi connectivity index (χ1) is 10.8. The summed E-state index contributed by atoms with van der Waals surface area (Å²) in [5, 5.41) is 2.91. The lowest BCUT2D eigenvalue weighted by Gasteiger charge is -2.11. The van der Waals surface area contributed by atoms with Crippen LogP contribution in [0.4, 0.5) is 0 Å². The van der Waals surface area contributed by atoms with Gasteiger partial charge in [0.05, 0.1) is 23.4 Å². The summed E-state index contributed by atoms with van der Waals surface area (Å²) in [4.78, 5) is 11.8. The number of hydrogen-bond donors (Lipinski definition) is 1. The van der Waals surface area contributed by atoms with Crippen LogP contribution in [0, 0.1) is 0 Å². The third kappa shape index (κ3) is 6.43. The Kier molecular flexibility index (Phi) is 6.35. The van der Waals surface area contributed by atoms with E-state index in [0.29, 0.717) is 18.7 Å². The van der Waals surface area contributed by atoms with E-state index in [2.05, 4.69) is 5.32 Å². The molecule has 1 aliphatic heterocycles. The molecule has 1 atom stereocenters. The summed E-state index contributed by atoms with van der Waals surface area (Å²) in [6.45, 7) is 4.41. The summed E-state index contributed by atoms with van der Waals surface area (Å²) in [5.74, 6) is 1.49. The van der Waals surface area contributed by atoms with Crippen molar-refractivity contribution >= 4 is 27.5 Å². The van der Waals surface area contributed by atoms with E-state index in [4.69, 9.17) is 4.74 Å². The van der Waals surface area contributed by atoms with Crippen molar-refractivity contribution in [2.75, 3.05) is 17.3 Å². The first-order valence-corrected chi connectivity index (χ1v) is 10.6. The molecule has 128 valence electrons. The third-order valence-electron chi connectivity index (χ3n) is 3.43. The van der Waals surface area contributed by atoms with E-state index in [1.54, 1.807) is 0 Å². The van der Waals surface area contributed by atoms with Crippen LogP contribution in [0.5, 0.6) is 5.75 Å². The van der Waals surface area contributed by atoms with Gasteiger partial charge in [-0.15, -0.1) is 11.8 Å². The van der Waals surface area contributed by atoms with Gasteiger partial charge in [0.25, 0.3) is 0 Å². The normalized spacial score (nSPS) is 19.7. The monoisotopic (exact) mass is 357 g/mol. The second-order valence-electron chi connectivity index (χ2n) is 5.92. The lowest BCUT2D eigenvalue weighted by Crippen LogP contribution is -2.25. The fourth-order valence-corrected chi connectivity index (χ4v) is 5.77. The van der Waals surface area contributed by atoms with Crippen LogP contribution in [0.15, 0.2) is 24.3 Å². The number of benzene rings is 1. The Bertz CT molecular complexity index is 626. The lowest BCUT2D eigenvalue weighted by molar-refractivity contribution is -0.118. The number of amides is 1. The fraction of sp³-hybridized carbons (Fsp3) is 0.562. The number of thioether (sulfide) groups is 1. The van der Waals surface area contributed by atoms with Crippen LogP contribution in [0.25, 0.3) is 0 Å². The number of rotatable bonds is 7. The van der Waals surface area contributed by atoms with Crippen molar-refractivity contribution in [3.63, 3.8) is 0 Å². The maximum absolute atomic E-state index is 11.8. The number of ether oxygens (including phenoxy) is 1. The van der Waals surface area contributed by atoms with Crippen LogP contribution in [-0.4, -0.2) is 42.9 Å². The van der Waals surface area contributed by atoms with Crippen molar-refractivity contribution in [2.45, 2.75) is 38.2 Å². The van der Waals surface area contributed by atoms with Gasteiger partial charge in [0.15, 0.2) is 9.84 Å². The molecule has 1 aromatic rings. The molecule has 1 aromatic carbocycles. The summed E-state index contributed by atoms with van der Waals surface area (Å²) in [5.41, 5.74) is 1.00.